The van der Waals surface area contributed by atoms with Crippen molar-refractivity contribution in [1.29, 1.82) is 0 Å². The average molecular weight is 220 g/mol. The van der Waals surface area contributed by atoms with Crippen molar-refractivity contribution in [3.8, 4) is 5.75 Å². The van der Waals surface area contributed by atoms with Crippen LogP contribution in [0.15, 0.2) is 41.8 Å². The molecular formula is C12H12O2S. The summed E-state index contributed by atoms with van der Waals surface area (Å²) in [5.41, 5.74) is 0.828. The maximum atomic E-state index is 9.10. The summed E-state index contributed by atoms with van der Waals surface area (Å²) in [6.07, 6.45) is 0. The summed E-state index contributed by atoms with van der Waals surface area (Å²) in [5.74, 6) is 0.758. The normalized spacial score (nSPS) is 10.2. The smallest absolute Gasteiger partial charge is 0.125 e. The summed E-state index contributed by atoms with van der Waals surface area (Å²) >= 11 is 1.67. The molecule has 3 heteroatoms. The Bertz CT molecular complexity index is 409. The number of thiophene rings is 1. The first-order valence-corrected chi connectivity index (χ1v) is 5.62. The second-order valence-electron chi connectivity index (χ2n) is 3.13. The Morgan fingerprint density at radius 2 is 2.00 bits per heavy atom. The zero-order valence-electron chi connectivity index (χ0n) is 8.22. The van der Waals surface area contributed by atoms with E-state index >= 15 is 0 Å². The quantitative estimate of drug-likeness (QED) is 0.858. The lowest BCUT2D eigenvalue weighted by Gasteiger charge is -2.08. The summed E-state index contributed by atoms with van der Waals surface area (Å²) in [4.78, 5) is 1.18. The van der Waals surface area contributed by atoms with Gasteiger partial charge in [0, 0.05) is 10.4 Å². The third kappa shape index (κ3) is 2.58. The van der Waals surface area contributed by atoms with Crippen LogP contribution in [0.25, 0.3) is 0 Å². The average Bonchev–Trinajstić information content (AvgIpc) is 2.79. The van der Waals surface area contributed by atoms with Gasteiger partial charge in [0.15, 0.2) is 0 Å². The van der Waals surface area contributed by atoms with Gasteiger partial charge in [0.05, 0.1) is 6.61 Å². The van der Waals surface area contributed by atoms with Gasteiger partial charge in [-0.25, -0.2) is 0 Å². The zero-order valence-corrected chi connectivity index (χ0v) is 9.04. The van der Waals surface area contributed by atoms with E-state index in [2.05, 4.69) is 0 Å². The van der Waals surface area contributed by atoms with Gasteiger partial charge in [-0.2, -0.15) is 0 Å². The van der Waals surface area contributed by atoms with Crippen LogP contribution in [0.1, 0.15) is 10.4 Å². The van der Waals surface area contributed by atoms with Crippen LogP contribution in [0.2, 0.25) is 0 Å². The predicted molar refractivity (Wildman–Crippen MR) is 61.0 cm³/mol. The first kappa shape index (κ1) is 10.2. The molecule has 1 heterocycles. The number of benzene rings is 1. The first-order chi connectivity index (χ1) is 7.40. The third-order valence-electron chi connectivity index (χ3n) is 2.09. The zero-order chi connectivity index (χ0) is 10.5. The monoisotopic (exact) mass is 220 g/mol. The van der Waals surface area contributed by atoms with Crippen LogP contribution in [-0.4, -0.2) is 5.11 Å². The molecule has 0 aliphatic heterocycles. The molecule has 0 bridgehead atoms. The molecule has 0 saturated heterocycles. The summed E-state index contributed by atoms with van der Waals surface area (Å²) in [7, 11) is 0. The van der Waals surface area contributed by atoms with Crippen LogP contribution in [0.4, 0.5) is 0 Å². The Kier molecular flexibility index (Phi) is 3.37. The molecular weight excluding hydrogens is 208 g/mol. The molecule has 1 aromatic heterocycles. The lowest BCUT2D eigenvalue weighted by atomic mass is 10.2. The first-order valence-electron chi connectivity index (χ1n) is 4.74. The summed E-state index contributed by atoms with van der Waals surface area (Å²) in [6.45, 7) is 0.579. The van der Waals surface area contributed by atoms with Gasteiger partial charge in [-0.15, -0.1) is 11.3 Å². The Labute approximate surface area is 92.8 Å². The van der Waals surface area contributed by atoms with Crippen molar-refractivity contribution in [3.63, 3.8) is 0 Å². The predicted octanol–water partition coefficient (Wildman–Crippen LogP) is 2.82. The number of rotatable bonds is 4. The van der Waals surface area contributed by atoms with Gasteiger partial charge in [0.2, 0.25) is 0 Å². The highest BCUT2D eigenvalue weighted by Gasteiger charge is 2.01. The highest BCUT2D eigenvalue weighted by Crippen LogP contribution is 2.20. The van der Waals surface area contributed by atoms with Gasteiger partial charge in [0.25, 0.3) is 0 Å². The van der Waals surface area contributed by atoms with Gasteiger partial charge >= 0.3 is 0 Å². The molecule has 0 spiro atoms. The van der Waals surface area contributed by atoms with E-state index in [0.29, 0.717) is 6.61 Å². The molecule has 2 aromatic rings. The molecule has 0 amide bonds. The van der Waals surface area contributed by atoms with E-state index in [4.69, 9.17) is 9.84 Å². The van der Waals surface area contributed by atoms with Crippen LogP contribution < -0.4 is 4.74 Å². The molecule has 0 fully saturated rings. The van der Waals surface area contributed by atoms with Gasteiger partial charge in [-0.3, -0.25) is 0 Å². The highest BCUT2D eigenvalue weighted by molar-refractivity contribution is 7.09. The van der Waals surface area contributed by atoms with Crippen molar-refractivity contribution < 1.29 is 9.84 Å². The Hall–Kier alpha value is -1.32. The fourth-order valence-electron chi connectivity index (χ4n) is 1.32. The fourth-order valence-corrected chi connectivity index (χ4v) is 1.93. The van der Waals surface area contributed by atoms with E-state index in [-0.39, 0.29) is 6.61 Å². The van der Waals surface area contributed by atoms with Gasteiger partial charge in [-0.05, 0) is 17.5 Å². The molecule has 2 rings (SSSR count). The standard InChI is InChI=1S/C12H12O2S/c13-8-10-4-1-2-6-12(10)14-9-11-5-3-7-15-11/h1-7,13H,8-9H2. The molecule has 0 unspecified atom stereocenters. The minimum Gasteiger partial charge on any atom is -0.488 e. The van der Waals surface area contributed by atoms with Crippen LogP contribution in [-0.2, 0) is 13.2 Å². The molecule has 0 atom stereocenters. The van der Waals surface area contributed by atoms with Crippen molar-refractivity contribution >= 4 is 11.3 Å². The van der Waals surface area contributed by atoms with E-state index in [1.807, 2.05) is 41.8 Å². The molecule has 15 heavy (non-hydrogen) atoms. The molecule has 2 nitrogen and oxygen atoms in total. The number of hydrogen-bond acceptors (Lipinski definition) is 3. The highest BCUT2D eigenvalue weighted by atomic mass is 32.1. The Balaban J connectivity index is 2.04. The molecule has 0 aliphatic rings. The van der Waals surface area contributed by atoms with E-state index in [1.165, 1.54) is 4.88 Å². The second kappa shape index (κ2) is 4.96. The van der Waals surface area contributed by atoms with Crippen molar-refractivity contribution in [3.05, 3.63) is 52.2 Å². The molecule has 0 aliphatic carbocycles. The van der Waals surface area contributed by atoms with Crippen LogP contribution in [0.5, 0.6) is 5.75 Å². The maximum Gasteiger partial charge on any atom is 0.125 e. The topological polar surface area (TPSA) is 29.5 Å². The number of aliphatic hydroxyl groups is 1. The maximum absolute atomic E-state index is 9.10. The number of ether oxygens (including phenoxy) is 1. The third-order valence-corrected chi connectivity index (χ3v) is 2.94. The van der Waals surface area contributed by atoms with E-state index in [9.17, 15) is 0 Å². The van der Waals surface area contributed by atoms with Crippen molar-refractivity contribution in [2.45, 2.75) is 13.2 Å². The second-order valence-corrected chi connectivity index (χ2v) is 4.17. The summed E-state index contributed by atoms with van der Waals surface area (Å²) < 4.78 is 5.62. The molecule has 0 saturated carbocycles. The van der Waals surface area contributed by atoms with Gasteiger partial charge in [-0.1, -0.05) is 24.3 Å². The Morgan fingerprint density at radius 1 is 1.13 bits per heavy atom. The van der Waals surface area contributed by atoms with Crippen molar-refractivity contribution in [2.24, 2.45) is 0 Å². The lowest BCUT2D eigenvalue weighted by Crippen LogP contribution is -1.96. The Morgan fingerprint density at radius 3 is 2.73 bits per heavy atom. The van der Waals surface area contributed by atoms with E-state index in [0.717, 1.165) is 11.3 Å². The van der Waals surface area contributed by atoms with Crippen molar-refractivity contribution in [1.82, 2.24) is 0 Å². The van der Waals surface area contributed by atoms with Crippen LogP contribution in [0.3, 0.4) is 0 Å². The number of hydrogen-bond donors (Lipinski definition) is 1. The molecule has 1 N–H and O–H groups in total. The lowest BCUT2D eigenvalue weighted by molar-refractivity contribution is 0.260. The summed E-state index contributed by atoms with van der Waals surface area (Å²) in [5, 5.41) is 11.1. The minimum atomic E-state index is 0.0145. The van der Waals surface area contributed by atoms with Crippen molar-refractivity contribution in [2.75, 3.05) is 0 Å². The SMILES string of the molecule is OCc1ccccc1OCc1cccs1. The fraction of sp³-hybridized carbons (Fsp3) is 0.167. The van der Waals surface area contributed by atoms with Crippen LogP contribution in [0, 0.1) is 0 Å². The van der Waals surface area contributed by atoms with E-state index in [1.54, 1.807) is 11.3 Å². The van der Waals surface area contributed by atoms with Gasteiger partial charge < -0.3 is 9.84 Å². The largest absolute Gasteiger partial charge is 0.488 e. The minimum absolute atomic E-state index is 0.0145. The van der Waals surface area contributed by atoms with Crippen LogP contribution >= 0.6 is 11.3 Å². The number of para-hydroxylation sites is 1. The molecule has 78 valence electrons. The molecule has 0 radical (unpaired) electrons. The molecule has 1 aromatic carbocycles. The van der Waals surface area contributed by atoms with Gasteiger partial charge in [0.1, 0.15) is 12.4 Å². The van der Waals surface area contributed by atoms with E-state index < -0.39 is 0 Å². The number of aliphatic hydroxyl groups excluding tert-OH is 1. The summed E-state index contributed by atoms with van der Waals surface area (Å²) in [6, 6.07) is 11.6.